The van der Waals surface area contributed by atoms with Gasteiger partial charge in [0.05, 0.1) is 23.2 Å². The summed E-state index contributed by atoms with van der Waals surface area (Å²) in [5, 5.41) is 23.2. The van der Waals surface area contributed by atoms with Gasteiger partial charge in [-0.2, -0.15) is 0 Å². The van der Waals surface area contributed by atoms with Gasteiger partial charge in [-0.05, 0) is 81.0 Å². The van der Waals surface area contributed by atoms with Gasteiger partial charge in [0.2, 0.25) is 0 Å². The Morgan fingerprint density at radius 3 is 1.13 bits per heavy atom. The van der Waals surface area contributed by atoms with Gasteiger partial charge < -0.3 is 10.2 Å². The molecule has 0 radical (unpaired) electrons. The Balaban J connectivity index is 1.42. The number of aliphatic imine (C=N–C) groups is 2. The summed E-state index contributed by atoms with van der Waals surface area (Å²) >= 11 is 0. The summed E-state index contributed by atoms with van der Waals surface area (Å²) in [4.78, 5) is 10.2. The average molecular weight is 731 g/mol. The topological polar surface area (TPSA) is 72.9 Å². The standard InChI is InChI=1S/C48H64N4O2/c1-45(2,3)37-17-21-51(22-18-37)31-35-27-39(47(7,8)9)25-33(43(35)53)29-49-41-15-13-14-16-42(41)50-30-34-26-40(48(10,11)12)28-36(44(34)54)32-52-23-19-38(20-24-52)46(4,5)6/h17-30,41-42H,13-16,31-32H2,1-12H3/p+2/t41-,42?/m1/s1. The maximum atomic E-state index is 11.6. The number of phenols is 2. The number of aromatic hydroxyl groups is 2. The van der Waals surface area contributed by atoms with Crippen LogP contribution in [0.2, 0.25) is 0 Å². The zero-order chi connectivity index (χ0) is 39.6. The van der Waals surface area contributed by atoms with Crippen LogP contribution in [0, 0.1) is 0 Å². The number of hydrogen-bond acceptors (Lipinski definition) is 4. The van der Waals surface area contributed by atoms with Crippen molar-refractivity contribution >= 4 is 12.4 Å². The van der Waals surface area contributed by atoms with Crippen LogP contribution >= 0.6 is 0 Å². The molecule has 0 aliphatic heterocycles. The Morgan fingerprint density at radius 2 is 0.833 bits per heavy atom. The molecule has 2 N–H and O–H groups in total. The molecule has 2 aromatic carbocycles. The third-order valence-electron chi connectivity index (χ3n) is 10.9. The highest BCUT2D eigenvalue weighted by Crippen LogP contribution is 2.33. The second-order valence-corrected chi connectivity index (χ2v) is 19.6. The molecule has 1 aliphatic rings. The number of nitrogens with zero attached hydrogens (tertiary/aromatic N) is 4. The molecule has 1 aliphatic carbocycles. The Bertz CT molecular complexity index is 1820. The minimum atomic E-state index is -0.0969. The van der Waals surface area contributed by atoms with Gasteiger partial charge in [0, 0.05) is 47.8 Å². The molecular weight excluding hydrogens is 665 g/mol. The lowest BCUT2D eigenvalue weighted by atomic mass is 9.84. The normalized spacial score (nSPS) is 17.5. The van der Waals surface area contributed by atoms with Crippen LogP contribution in [-0.2, 0) is 34.7 Å². The number of phenolic OH excluding ortho intramolecular Hbond substituents is 2. The number of pyridine rings is 2. The van der Waals surface area contributed by atoms with Gasteiger partial charge in [-0.25, -0.2) is 9.13 Å². The molecule has 6 heteroatoms. The summed E-state index contributed by atoms with van der Waals surface area (Å²) < 4.78 is 4.25. The van der Waals surface area contributed by atoms with Crippen molar-refractivity contribution in [1.29, 1.82) is 0 Å². The molecule has 54 heavy (non-hydrogen) atoms. The third kappa shape index (κ3) is 10.2. The van der Waals surface area contributed by atoms with E-state index in [1.807, 2.05) is 12.4 Å². The van der Waals surface area contributed by atoms with Crippen molar-refractivity contribution in [3.05, 3.63) is 118 Å². The first-order valence-corrected chi connectivity index (χ1v) is 19.9. The predicted molar refractivity (Wildman–Crippen MR) is 224 cm³/mol. The second-order valence-electron chi connectivity index (χ2n) is 19.6. The van der Waals surface area contributed by atoms with Crippen LogP contribution in [0.4, 0.5) is 0 Å². The van der Waals surface area contributed by atoms with Crippen molar-refractivity contribution in [2.75, 3.05) is 0 Å². The molecule has 0 spiro atoms. The van der Waals surface area contributed by atoms with E-state index in [1.165, 1.54) is 11.1 Å². The average Bonchev–Trinajstić information content (AvgIpc) is 3.08. The fraction of sp³-hybridized carbons (Fsp3) is 0.500. The molecule has 1 saturated carbocycles. The Labute approximate surface area is 325 Å². The summed E-state index contributed by atoms with van der Waals surface area (Å²) in [5.74, 6) is 0.551. The van der Waals surface area contributed by atoms with Crippen LogP contribution in [0.15, 0.2) is 83.3 Å². The summed E-state index contributed by atoms with van der Waals surface area (Å²) in [5.41, 5.74) is 8.09. The van der Waals surface area contributed by atoms with E-state index >= 15 is 0 Å². The van der Waals surface area contributed by atoms with E-state index in [0.717, 1.165) is 59.1 Å². The molecule has 6 nitrogen and oxygen atoms in total. The van der Waals surface area contributed by atoms with Crippen molar-refractivity contribution in [3.63, 3.8) is 0 Å². The minimum absolute atomic E-state index is 0.0141. The summed E-state index contributed by atoms with van der Waals surface area (Å²) in [6.07, 6.45) is 16.2. The highest BCUT2D eigenvalue weighted by Gasteiger charge is 2.26. The van der Waals surface area contributed by atoms with Crippen molar-refractivity contribution < 1.29 is 19.3 Å². The summed E-state index contributed by atoms with van der Waals surface area (Å²) in [6, 6.07) is 17.1. The molecule has 0 bridgehead atoms. The van der Waals surface area contributed by atoms with E-state index in [2.05, 4.69) is 166 Å². The van der Waals surface area contributed by atoms with Crippen LogP contribution in [0.25, 0.3) is 0 Å². The molecule has 1 fully saturated rings. The molecule has 2 aromatic heterocycles. The molecule has 288 valence electrons. The summed E-state index contributed by atoms with van der Waals surface area (Å²) in [7, 11) is 0. The lowest BCUT2D eigenvalue weighted by Gasteiger charge is -2.26. The van der Waals surface area contributed by atoms with E-state index in [9.17, 15) is 10.2 Å². The van der Waals surface area contributed by atoms with Gasteiger partial charge in [-0.15, -0.1) is 0 Å². The zero-order valence-corrected chi connectivity index (χ0v) is 35.2. The molecular formula is C48H66N4O2+2. The van der Waals surface area contributed by atoms with E-state index in [1.54, 1.807) is 0 Å². The van der Waals surface area contributed by atoms with Crippen molar-refractivity contribution in [2.45, 2.75) is 156 Å². The molecule has 1 unspecified atom stereocenters. The molecule has 0 saturated heterocycles. The van der Waals surface area contributed by atoms with E-state index in [0.29, 0.717) is 13.1 Å². The number of aromatic nitrogens is 2. The maximum absolute atomic E-state index is 11.6. The minimum Gasteiger partial charge on any atom is -0.507 e. The van der Waals surface area contributed by atoms with Gasteiger partial charge in [-0.1, -0.05) is 95.9 Å². The van der Waals surface area contributed by atoms with Crippen LogP contribution < -0.4 is 9.13 Å². The SMILES string of the molecule is CC(C)(C)c1cc[n+](Cc2cc(C(C)(C)C)cc(C=NC3CCCC[C@H]3N=Cc3cc(C(C)(C)C)cc(C[n+]4ccc(C(C)(C)C)cc4)c3O)c2O)cc1. The molecule has 2 heterocycles. The first-order valence-electron chi connectivity index (χ1n) is 19.9. The van der Waals surface area contributed by atoms with Gasteiger partial charge in [0.1, 0.15) is 11.5 Å². The highest BCUT2D eigenvalue weighted by atomic mass is 16.3. The van der Waals surface area contributed by atoms with E-state index < -0.39 is 0 Å². The largest absolute Gasteiger partial charge is 0.507 e. The quantitative estimate of drug-likeness (QED) is 0.140. The molecule has 5 rings (SSSR count). The maximum Gasteiger partial charge on any atom is 0.177 e. The van der Waals surface area contributed by atoms with E-state index in [4.69, 9.17) is 9.98 Å². The van der Waals surface area contributed by atoms with Crippen LogP contribution in [0.1, 0.15) is 153 Å². The molecule has 4 aromatic rings. The van der Waals surface area contributed by atoms with E-state index in [-0.39, 0.29) is 45.2 Å². The smallest absolute Gasteiger partial charge is 0.177 e. The Morgan fingerprint density at radius 1 is 0.519 bits per heavy atom. The highest BCUT2D eigenvalue weighted by molar-refractivity contribution is 5.86. The number of rotatable bonds is 8. The first kappa shape index (κ1) is 40.9. The fourth-order valence-electron chi connectivity index (χ4n) is 7.05. The first-order chi connectivity index (χ1) is 25.1. The van der Waals surface area contributed by atoms with Gasteiger partial charge in [-0.3, -0.25) is 9.98 Å². The third-order valence-corrected chi connectivity index (χ3v) is 10.9. The number of benzene rings is 2. The van der Waals surface area contributed by atoms with Gasteiger partial charge in [0.15, 0.2) is 37.9 Å². The van der Waals surface area contributed by atoms with Crippen LogP contribution in [-0.4, -0.2) is 34.7 Å². The zero-order valence-electron chi connectivity index (χ0n) is 35.2. The van der Waals surface area contributed by atoms with Crippen molar-refractivity contribution in [3.8, 4) is 11.5 Å². The van der Waals surface area contributed by atoms with Gasteiger partial charge in [0.25, 0.3) is 0 Å². The van der Waals surface area contributed by atoms with Crippen molar-refractivity contribution in [2.24, 2.45) is 9.98 Å². The summed E-state index contributed by atoms with van der Waals surface area (Å²) in [6.45, 7) is 27.7. The monoisotopic (exact) mass is 731 g/mol. The van der Waals surface area contributed by atoms with Gasteiger partial charge >= 0.3 is 0 Å². The predicted octanol–water partition coefficient (Wildman–Crippen LogP) is 9.81. The van der Waals surface area contributed by atoms with Crippen LogP contribution in [0.5, 0.6) is 11.5 Å². The Kier molecular flexibility index (Phi) is 12.0. The lowest BCUT2D eigenvalue weighted by Crippen LogP contribution is -2.34. The lowest BCUT2D eigenvalue weighted by molar-refractivity contribution is -0.688. The fourth-order valence-corrected chi connectivity index (χ4v) is 7.05. The number of hydrogen-bond donors (Lipinski definition) is 2. The van der Waals surface area contributed by atoms with Crippen molar-refractivity contribution in [1.82, 2.24) is 0 Å². The van der Waals surface area contributed by atoms with Crippen LogP contribution in [0.3, 0.4) is 0 Å². The molecule has 2 atom stereocenters. The second kappa shape index (κ2) is 15.8. The molecule has 0 amide bonds. The Hall–Kier alpha value is -4.32.